The van der Waals surface area contributed by atoms with E-state index in [2.05, 4.69) is 23.7 Å². The second-order valence-corrected chi connectivity index (χ2v) is 6.19. The molecule has 1 aromatic heterocycles. The van der Waals surface area contributed by atoms with Gasteiger partial charge in [0.15, 0.2) is 11.6 Å². The van der Waals surface area contributed by atoms with Gasteiger partial charge in [0, 0.05) is 29.3 Å². The summed E-state index contributed by atoms with van der Waals surface area (Å²) in [6, 6.07) is 11.0. The van der Waals surface area contributed by atoms with Crippen molar-refractivity contribution in [3.63, 3.8) is 0 Å². The summed E-state index contributed by atoms with van der Waals surface area (Å²) in [5.74, 6) is -2.33. The SMILES string of the molecule is CC(C)Cn1ccc2cc(NC(=O)c3cccc(F)c3F)ccc21. The molecule has 5 heteroatoms. The Labute approximate surface area is 138 Å². The zero-order valence-electron chi connectivity index (χ0n) is 13.5. The Bertz CT molecular complexity index is 900. The number of fused-ring (bicyclic) bond motifs is 1. The molecule has 0 aliphatic carbocycles. The number of halogens is 2. The van der Waals surface area contributed by atoms with E-state index in [1.807, 2.05) is 24.4 Å². The lowest BCUT2D eigenvalue weighted by Gasteiger charge is -2.10. The van der Waals surface area contributed by atoms with E-state index in [0.29, 0.717) is 11.6 Å². The average Bonchev–Trinajstić information content (AvgIpc) is 2.91. The first-order valence-corrected chi connectivity index (χ1v) is 7.80. The molecule has 1 N–H and O–H groups in total. The van der Waals surface area contributed by atoms with E-state index in [4.69, 9.17) is 0 Å². The number of anilines is 1. The third-order valence-corrected chi connectivity index (χ3v) is 3.79. The van der Waals surface area contributed by atoms with Crippen molar-refractivity contribution in [2.24, 2.45) is 5.92 Å². The second kappa shape index (κ2) is 6.43. The number of hydrogen-bond donors (Lipinski definition) is 1. The number of nitrogens with zero attached hydrogens (tertiary/aromatic N) is 1. The van der Waals surface area contributed by atoms with Crippen molar-refractivity contribution in [3.05, 3.63) is 65.9 Å². The van der Waals surface area contributed by atoms with E-state index in [1.54, 1.807) is 6.07 Å². The summed E-state index contributed by atoms with van der Waals surface area (Å²) in [4.78, 5) is 12.2. The van der Waals surface area contributed by atoms with E-state index in [-0.39, 0.29) is 5.56 Å². The van der Waals surface area contributed by atoms with Gasteiger partial charge >= 0.3 is 0 Å². The third kappa shape index (κ3) is 3.15. The summed E-state index contributed by atoms with van der Waals surface area (Å²) in [5.41, 5.74) is 1.30. The topological polar surface area (TPSA) is 34.0 Å². The molecule has 1 amide bonds. The zero-order chi connectivity index (χ0) is 17.3. The highest BCUT2D eigenvalue weighted by atomic mass is 19.2. The molecule has 0 saturated heterocycles. The Hall–Kier alpha value is -2.69. The van der Waals surface area contributed by atoms with Gasteiger partial charge in [-0.15, -0.1) is 0 Å². The Morgan fingerprint density at radius 2 is 1.96 bits per heavy atom. The molecule has 0 spiro atoms. The number of carbonyl (C=O) groups excluding carboxylic acids is 1. The van der Waals surface area contributed by atoms with E-state index in [9.17, 15) is 13.6 Å². The molecule has 0 aliphatic rings. The zero-order valence-corrected chi connectivity index (χ0v) is 13.5. The fraction of sp³-hybridized carbons (Fsp3) is 0.211. The van der Waals surface area contributed by atoms with E-state index in [1.165, 1.54) is 12.1 Å². The van der Waals surface area contributed by atoms with Crippen LogP contribution in [0.3, 0.4) is 0 Å². The van der Waals surface area contributed by atoms with Crippen molar-refractivity contribution in [1.29, 1.82) is 0 Å². The van der Waals surface area contributed by atoms with Gasteiger partial charge in [0.1, 0.15) is 0 Å². The highest BCUT2D eigenvalue weighted by molar-refractivity contribution is 6.05. The summed E-state index contributed by atoms with van der Waals surface area (Å²) in [6.45, 7) is 5.20. The van der Waals surface area contributed by atoms with E-state index in [0.717, 1.165) is 23.5 Å². The number of nitrogens with one attached hydrogen (secondary N) is 1. The van der Waals surface area contributed by atoms with Crippen LogP contribution in [0.4, 0.5) is 14.5 Å². The fourth-order valence-electron chi connectivity index (χ4n) is 2.71. The average molecular weight is 328 g/mol. The van der Waals surface area contributed by atoms with Crippen molar-refractivity contribution in [1.82, 2.24) is 4.57 Å². The van der Waals surface area contributed by atoms with Crippen LogP contribution in [0, 0.1) is 17.6 Å². The number of aromatic nitrogens is 1. The molecule has 0 atom stereocenters. The van der Waals surface area contributed by atoms with Crippen LogP contribution in [-0.2, 0) is 6.54 Å². The smallest absolute Gasteiger partial charge is 0.258 e. The molecule has 3 rings (SSSR count). The molecular weight excluding hydrogens is 310 g/mol. The Morgan fingerprint density at radius 3 is 2.71 bits per heavy atom. The summed E-state index contributed by atoms with van der Waals surface area (Å²) in [5, 5.41) is 3.59. The van der Waals surface area contributed by atoms with Crippen LogP contribution in [0.15, 0.2) is 48.7 Å². The molecule has 0 radical (unpaired) electrons. The highest BCUT2D eigenvalue weighted by Crippen LogP contribution is 2.22. The van der Waals surface area contributed by atoms with Gasteiger partial charge in [-0.25, -0.2) is 8.78 Å². The molecule has 124 valence electrons. The largest absolute Gasteiger partial charge is 0.347 e. The summed E-state index contributed by atoms with van der Waals surface area (Å²) in [6.07, 6.45) is 2.00. The summed E-state index contributed by atoms with van der Waals surface area (Å²) in [7, 11) is 0. The summed E-state index contributed by atoms with van der Waals surface area (Å²) >= 11 is 0. The van der Waals surface area contributed by atoms with Crippen LogP contribution in [0.1, 0.15) is 24.2 Å². The second-order valence-electron chi connectivity index (χ2n) is 6.19. The first-order chi connectivity index (χ1) is 11.5. The number of hydrogen-bond acceptors (Lipinski definition) is 1. The van der Waals surface area contributed by atoms with E-state index < -0.39 is 17.5 Å². The Balaban J connectivity index is 1.85. The molecule has 3 nitrogen and oxygen atoms in total. The van der Waals surface area contributed by atoms with Crippen LogP contribution in [-0.4, -0.2) is 10.5 Å². The molecule has 0 fully saturated rings. The molecular formula is C19H18F2N2O. The lowest BCUT2D eigenvalue weighted by atomic mass is 10.1. The van der Waals surface area contributed by atoms with Crippen LogP contribution < -0.4 is 5.32 Å². The standard InChI is InChI=1S/C19H18F2N2O/c1-12(2)11-23-9-8-13-10-14(6-7-17(13)23)22-19(24)15-4-3-5-16(20)18(15)21/h3-10,12H,11H2,1-2H3,(H,22,24). The number of amides is 1. The quantitative estimate of drug-likeness (QED) is 0.731. The van der Waals surface area contributed by atoms with Gasteiger partial charge in [-0.3, -0.25) is 4.79 Å². The monoisotopic (exact) mass is 328 g/mol. The van der Waals surface area contributed by atoms with Crippen molar-refractivity contribution < 1.29 is 13.6 Å². The van der Waals surface area contributed by atoms with Crippen molar-refractivity contribution in [3.8, 4) is 0 Å². The van der Waals surface area contributed by atoms with Crippen molar-refractivity contribution >= 4 is 22.5 Å². The first kappa shape index (κ1) is 16.2. The molecule has 2 aromatic carbocycles. The molecule has 0 aliphatic heterocycles. The van der Waals surface area contributed by atoms with Crippen molar-refractivity contribution in [2.75, 3.05) is 5.32 Å². The number of benzene rings is 2. The highest BCUT2D eigenvalue weighted by Gasteiger charge is 2.15. The predicted molar refractivity (Wildman–Crippen MR) is 91.1 cm³/mol. The maximum atomic E-state index is 13.7. The number of rotatable bonds is 4. The van der Waals surface area contributed by atoms with Gasteiger partial charge < -0.3 is 9.88 Å². The minimum absolute atomic E-state index is 0.313. The normalized spacial score (nSPS) is 11.2. The first-order valence-electron chi connectivity index (χ1n) is 7.80. The Kier molecular flexibility index (Phi) is 4.34. The van der Waals surface area contributed by atoms with Gasteiger partial charge in [0.2, 0.25) is 0 Å². The molecule has 0 saturated carbocycles. The lowest BCUT2D eigenvalue weighted by molar-refractivity contribution is 0.102. The molecule has 3 aromatic rings. The van der Waals surface area contributed by atoms with Crippen LogP contribution >= 0.6 is 0 Å². The van der Waals surface area contributed by atoms with Gasteiger partial charge in [0.05, 0.1) is 5.56 Å². The van der Waals surface area contributed by atoms with Crippen LogP contribution in [0.5, 0.6) is 0 Å². The third-order valence-electron chi connectivity index (χ3n) is 3.79. The lowest BCUT2D eigenvalue weighted by Crippen LogP contribution is -2.14. The summed E-state index contributed by atoms with van der Waals surface area (Å²) < 4.78 is 29.1. The molecule has 0 unspecified atom stereocenters. The van der Waals surface area contributed by atoms with Gasteiger partial charge in [-0.1, -0.05) is 19.9 Å². The Morgan fingerprint density at radius 1 is 1.17 bits per heavy atom. The minimum Gasteiger partial charge on any atom is -0.347 e. The number of carbonyl (C=O) groups is 1. The van der Waals surface area contributed by atoms with E-state index >= 15 is 0 Å². The fourth-order valence-corrected chi connectivity index (χ4v) is 2.71. The van der Waals surface area contributed by atoms with Crippen molar-refractivity contribution in [2.45, 2.75) is 20.4 Å². The molecule has 24 heavy (non-hydrogen) atoms. The predicted octanol–water partition coefficient (Wildman–Crippen LogP) is 4.83. The molecule has 0 bridgehead atoms. The maximum Gasteiger partial charge on any atom is 0.258 e. The maximum absolute atomic E-state index is 13.7. The molecule has 1 heterocycles. The van der Waals surface area contributed by atoms with Crippen LogP contribution in [0.2, 0.25) is 0 Å². The van der Waals surface area contributed by atoms with Gasteiger partial charge in [-0.05, 0) is 42.3 Å². The minimum atomic E-state index is -1.14. The van der Waals surface area contributed by atoms with Gasteiger partial charge in [0.25, 0.3) is 5.91 Å². The van der Waals surface area contributed by atoms with Gasteiger partial charge in [-0.2, -0.15) is 0 Å². The van der Waals surface area contributed by atoms with Crippen LogP contribution in [0.25, 0.3) is 10.9 Å².